The number of benzene rings is 1. The van der Waals surface area contributed by atoms with Crippen LogP contribution < -0.4 is 0 Å². The molecule has 1 aromatic rings. The van der Waals surface area contributed by atoms with Crippen molar-refractivity contribution >= 4 is 5.97 Å². The van der Waals surface area contributed by atoms with Crippen molar-refractivity contribution in [3.8, 4) is 0 Å². The summed E-state index contributed by atoms with van der Waals surface area (Å²) in [7, 11) is 1.32. The SMILES string of the molecule is COC(=O)C=COCc1ccccc1. The van der Waals surface area contributed by atoms with Gasteiger partial charge in [0.15, 0.2) is 0 Å². The molecule has 0 bridgehead atoms. The molecule has 14 heavy (non-hydrogen) atoms. The van der Waals surface area contributed by atoms with Crippen molar-refractivity contribution in [2.45, 2.75) is 6.61 Å². The maximum atomic E-state index is 10.6. The Morgan fingerprint density at radius 3 is 2.71 bits per heavy atom. The molecule has 0 spiro atoms. The van der Waals surface area contributed by atoms with E-state index < -0.39 is 5.97 Å². The maximum absolute atomic E-state index is 10.6. The summed E-state index contributed by atoms with van der Waals surface area (Å²) in [6.07, 6.45) is 2.57. The number of esters is 1. The minimum atomic E-state index is -0.418. The molecular weight excluding hydrogens is 180 g/mol. The number of hydrogen-bond donors (Lipinski definition) is 0. The number of carbonyl (C=O) groups is 1. The van der Waals surface area contributed by atoms with Crippen LogP contribution in [0.5, 0.6) is 0 Å². The quantitative estimate of drug-likeness (QED) is 0.415. The van der Waals surface area contributed by atoms with Gasteiger partial charge in [-0.05, 0) is 5.56 Å². The molecule has 0 aliphatic rings. The summed E-state index contributed by atoms with van der Waals surface area (Å²) in [4.78, 5) is 10.6. The van der Waals surface area contributed by atoms with Crippen LogP contribution in [-0.2, 0) is 20.9 Å². The third kappa shape index (κ3) is 3.76. The first-order valence-corrected chi connectivity index (χ1v) is 4.23. The Bertz CT molecular complexity index is 304. The summed E-state index contributed by atoms with van der Waals surface area (Å²) in [5, 5.41) is 0. The Morgan fingerprint density at radius 1 is 1.36 bits per heavy atom. The highest BCUT2D eigenvalue weighted by Gasteiger charge is 1.91. The van der Waals surface area contributed by atoms with Crippen LogP contribution in [0.2, 0.25) is 0 Å². The lowest BCUT2D eigenvalue weighted by molar-refractivity contribution is -0.135. The second-order valence-electron chi connectivity index (χ2n) is 2.62. The van der Waals surface area contributed by atoms with Gasteiger partial charge in [-0.2, -0.15) is 0 Å². The van der Waals surface area contributed by atoms with E-state index in [-0.39, 0.29) is 0 Å². The zero-order chi connectivity index (χ0) is 10.2. The van der Waals surface area contributed by atoms with E-state index in [1.807, 2.05) is 30.3 Å². The molecule has 0 radical (unpaired) electrons. The second-order valence-corrected chi connectivity index (χ2v) is 2.62. The Morgan fingerprint density at radius 2 is 2.07 bits per heavy atom. The molecule has 0 aromatic heterocycles. The average molecular weight is 192 g/mol. The summed E-state index contributed by atoms with van der Waals surface area (Å²) in [5.41, 5.74) is 1.06. The average Bonchev–Trinajstić information content (AvgIpc) is 2.25. The van der Waals surface area contributed by atoms with Gasteiger partial charge in [-0.25, -0.2) is 4.79 Å². The Hall–Kier alpha value is -1.77. The molecule has 0 unspecified atom stereocenters. The third-order valence-corrected chi connectivity index (χ3v) is 1.59. The zero-order valence-electron chi connectivity index (χ0n) is 7.97. The van der Waals surface area contributed by atoms with Gasteiger partial charge in [-0.15, -0.1) is 0 Å². The summed E-state index contributed by atoms with van der Waals surface area (Å²) in [6, 6.07) is 9.71. The van der Waals surface area contributed by atoms with Crippen molar-refractivity contribution in [2.75, 3.05) is 7.11 Å². The number of carbonyl (C=O) groups excluding carboxylic acids is 1. The molecule has 0 aliphatic carbocycles. The molecule has 0 saturated heterocycles. The first kappa shape index (κ1) is 10.3. The highest BCUT2D eigenvalue weighted by Crippen LogP contribution is 2.00. The maximum Gasteiger partial charge on any atom is 0.333 e. The van der Waals surface area contributed by atoms with Crippen LogP contribution >= 0.6 is 0 Å². The Balaban J connectivity index is 2.29. The number of rotatable bonds is 4. The third-order valence-electron chi connectivity index (χ3n) is 1.59. The van der Waals surface area contributed by atoms with E-state index in [1.165, 1.54) is 19.4 Å². The Labute approximate surface area is 83.0 Å². The van der Waals surface area contributed by atoms with Gasteiger partial charge in [0.1, 0.15) is 6.61 Å². The standard InChI is InChI=1S/C11H12O3/c1-13-11(12)7-8-14-9-10-5-3-2-4-6-10/h2-8H,9H2,1H3. The predicted molar refractivity (Wildman–Crippen MR) is 52.4 cm³/mol. The van der Waals surface area contributed by atoms with Crippen molar-refractivity contribution in [1.29, 1.82) is 0 Å². The number of methoxy groups -OCH3 is 1. The fourth-order valence-electron chi connectivity index (χ4n) is 0.890. The molecule has 1 aromatic carbocycles. The lowest BCUT2D eigenvalue weighted by Gasteiger charge is -1.99. The normalized spacial score (nSPS) is 10.1. The van der Waals surface area contributed by atoms with Crippen molar-refractivity contribution in [3.63, 3.8) is 0 Å². The van der Waals surface area contributed by atoms with Crippen LogP contribution in [0.25, 0.3) is 0 Å². The minimum absolute atomic E-state index is 0.418. The van der Waals surface area contributed by atoms with Crippen LogP contribution in [0.1, 0.15) is 5.56 Å². The summed E-state index contributed by atoms with van der Waals surface area (Å²) >= 11 is 0. The fourth-order valence-corrected chi connectivity index (χ4v) is 0.890. The van der Waals surface area contributed by atoms with Crippen LogP contribution in [0.3, 0.4) is 0 Å². The molecule has 0 fully saturated rings. The molecule has 0 atom stereocenters. The first-order chi connectivity index (χ1) is 6.83. The van der Waals surface area contributed by atoms with Gasteiger partial charge in [0, 0.05) is 0 Å². The van der Waals surface area contributed by atoms with Gasteiger partial charge in [0.05, 0.1) is 19.4 Å². The largest absolute Gasteiger partial charge is 0.496 e. The molecule has 74 valence electrons. The molecule has 3 heteroatoms. The predicted octanol–water partition coefficient (Wildman–Crippen LogP) is 1.89. The molecule has 0 saturated carbocycles. The minimum Gasteiger partial charge on any atom is -0.496 e. The molecule has 0 N–H and O–H groups in total. The van der Waals surface area contributed by atoms with Crippen LogP contribution in [0, 0.1) is 0 Å². The summed E-state index contributed by atoms with van der Waals surface area (Å²) in [6.45, 7) is 0.453. The smallest absolute Gasteiger partial charge is 0.333 e. The molecular formula is C11H12O3. The first-order valence-electron chi connectivity index (χ1n) is 4.23. The van der Waals surface area contributed by atoms with Crippen molar-refractivity contribution in [3.05, 3.63) is 48.2 Å². The van der Waals surface area contributed by atoms with Crippen molar-refractivity contribution in [2.24, 2.45) is 0 Å². The van der Waals surface area contributed by atoms with E-state index >= 15 is 0 Å². The van der Waals surface area contributed by atoms with E-state index in [4.69, 9.17) is 4.74 Å². The molecule has 3 nitrogen and oxygen atoms in total. The van der Waals surface area contributed by atoms with Gasteiger partial charge in [0.2, 0.25) is 0 Å². The zero-order valence-corrected chi connectivity index (χ0v) is 7.97. The van der Waals surface area contributed by atoms with E-state index in [0.717, 1.165) is 5.56 Å². The monoisotopic (exact) mass is 192 g/mol. The Kier molecular flexibility index (Phi) is 4.27. The second kappa shape index (κ2) is 5.80. The number of hydrogen-bond acceptors (Lipinski definition) is 3. The van der Waals surface area contributed by atoms with Gasteiger partial charge in [-0.3, -0.25) is 0 Å². The molecule has 0 amide bonds. The highest BCUT2D eigenvalue weighted by atomic mass is 16.5. The molecule has 0 heterocycles. The molecule has 0 aliphatic heterocycles. The van der Waals surface area contributed by atoms with Gasteiger partial charge >= 0.3 is 5.97 Å². The van der Waals surface area contributed by atoms with Crippen molar-refractivity contribution in [1.82, 2.24) is 0 Å². The van der Waals surface area contributed by atoms with E-state index in [9.17, 15) is 4.79 Å². The van der Waals surface area contributed by atoms with Crippen LogP contribution in [-0.4, -0.2) is 13.1 Å². The van der Waals surface area contributed by atoms with Gasteiger partial charge < -0.3 is 9.47 Å². The van der Waals surface area contributed by atoms with Gasteiger partial charge in [-0.1, -0.05) is 30.3 Å². The lowest BCUT2D eigenvalue weighted by atomic mass is 10.2. The van der Waals surface area contributed by atoms with Crippen LogP contribution in [0.15, 0.2) is 42.7 Å². The lowest BCUT2D eigenvalue weighted by Crippen LogP contribution is -1.94. The van der Waals surface area contributed by atoms with E-state index in [2.05, 4.69) is 4.74 Å². The summed E-state index contributed by atoms with van der Waals surface area (Å²) < 4.78 is 9.51. The van der Waals surface area contributed by atoms with E-state index in [1.54, 1.807) is 0 Å². The molecule has 1 rings (SSSR count). The number of ether oxygens (including phenoxy) is 2. The summed E-state index contributed by atoms with van der Waals surface area (Å²) in [5.74, 6) is -0.418. The fraction of sp³-hybridized carbons (Fsp3) is 0.182. The topological polar surface area (TPSA) is 35.5 Å². The van der Waals surface area contributed by atoms with E-state index in [0.29, 0.717) is 6.61 Å². The van der Waals surface area contributed by atoms with Crippen molar-refractivity contribution < 1.29 is 14.3 Å². The van der Waals surface area contributed by atoms with Gasteiger partial charge in [0.25, 0.3) is 0 Å². The van der Waals surface area contributed by atoms with Crippen LogP contribution in [0.4, 0.5) is 0 Å². The highest BCUT2D eigenvalue weighted by molar-refractivity contribution is 5.81.